The Morgan fingerprint density at radius 3 is 0.849 bits per heavy atom. The van der Waals surface area contributed by atoms with E-state index in [0.29, 0.717) is 19.3 Å². The molecule has 73 heavy (non-hydrogen) atoms. The Kier molecular flexibility index (Phi) is 59.7. The first-order valence-corrected chi connectivity index (χ1v) is 32.1. The number of carbonyl (C=O) groups is 3. The summed E-state index contributed by atoms with van der Waals surface area (Å²) in [5.74, 6) is -0.878. The number of hydrogen-bond donors (Lipinski definition) is 0. The van der Waals surface area contributed by atoms with E-state index in [-0.39, 0.29) is 31.1 Å². The number of ether oxygens (including phenoxy) is 3. The van der Waals surface area contributed by atoms with Crippen LogP contribution in [0.25, 0.3) is 0 Å². The molecule has 0 aliphatic carbocycles. The second kappa shape index (κ2) is 61.9. The van der Waals surface area contributed by atoms with E-state index < -0.39 is 6.10 Å². The highest BCUT2D eigenvalue weighted by molar-refractivity contribution is 5.71. The number of hydrogen-bond acceptors (Lipinski definition) is 6. The van der Waals surface area contributed by atoms with Crippen molar-refractivity contribution < 1.29 is 28.6 Å². The maximum Gasteiger partial charge on any atom is 0.306 e. The van der Waals surface area contributed by atoms with E-state index in [4.69, 9.17) is 14.2 Å². The number of esters is 3. The fourth-order valence-electron chi connectivity index (χ4n) is 9.51. The van der Waals surface area contributed by atoms with Gasteiger partial charge in [0.1, 0.15) is 13.2 Å². The van der Waals surface area contributed by atoms with E-state index in [1.54, 1.807) is 0 Å². The number of allylic oxidation sites excluding steroid dienone is 8. The van der Waals surface area contributed by atoms with Crippen LogP contribution in [0.3, 0.4) is 0 Å². The van der Waals surface area contributed by atoms with E-state index in [1.807, 2.05) is 0 Å². The lowest BCUT2D eigenvalue weighted by molar-refractivity contribution is -0.167. The molecule has 6 heteroatoms. The molecule has 1 atom stereocenters. The second-order valence-corrected chi connectivity index (χ2v) is 21.6. The lowest BCUT2D eigenvalue weighted by Gasteiger charge is -2.18. The average Bonchev–Trinajstić information content (AvgIpc) is 3.39. The molecule has 6 nitrogen and oxygen atoms in total. The van der Waals surface area contributed by atoms with Crippen LogP contribution in [0.2, 0.25) is 0 Å². The third-order valence-corrected chi connectivity index (χ3v) is 14.3. The molecule has 0 rings (SSSR count). The van der Waals surface area contributed by atoms with Crippen LogP contribution in [0.1, 0.15) is 342 Å². The van der Waals surface area contributed by atoms with E-state index in [1.165, 1.54) is 205 Å². The minimum atomic E-state index is -0.781. The molecule has 0 amide bonds. The first-order valence-electron chi connectivity index (χ1n) is 32.1. The summed E-state index contributed by atoms with van der Waals surface area (Å²) < 4.78 is 16.9. The molecule has 0 saturated heterocycles. The van der Waals surface area contributed by atoms with Gasteiger partial charge in [0.15, 0.2) is 6.10 Å². The molecule has 0 aliphatic rings. The van der Waals surface area contributed by atoms with Crippen molar-refractivity contribution in [2.45, 2.75) is 348 Å². The fourth-order valence-corrected chi connectivity index (χ4v) is 9.51. The summed E-state index contributed by atoms with van der Waals surface area (Å²) in [5, 5.41) is 0. The average molecular weight is 1020 g/mol. The molecular weight excluding hydrogens is 901 g/mol. The van der Waals surface area contributed by atoms with Crippen LogP contribution in [-0.4, -0.2) is 37.2 Å². The fraction of sp³-hybridized carbons (Fsp3) is 0.836. The number of rotatable bonds is 59. The van der Waals surface area contributed by atoms with Gasteiger partial charge in [-0.2, -0.15) is 0 Å². The topological polar surface area (TPSA) is 78.9 Å². The van der Waals surface area contributed by atoms with Gasteiger partial charge in [-0.15, -0.1) is 0 Å². The van der Waals surface area contributed by atoms with Crippen LogP contribution in [-0.2, 0) is 28.6 Å². The third-order valence-electron chi connectivity index (χ3n) is 14.3. The van der Waals surface area contributed by atoms with Gasteiger partial charge in [0, 0.05) is 19.3 Å². The Balaban J connectivity index is 4.30. The maximum atomic E-state index is 12.9. The molecule has 0 saturated carbocycles. The van der Waals surface area contributed by atoms with Crippen molar-refractivity contribution in [1.82, 2.24) is 0 Å². The Hall–Kier alpha value is -2.63. The predicted molar refractivity (Wildman–Crippen MR) is 316 cm³/mol. The summed E-state index contributed by atoms with van der Waals surface area (Å²) in [4.78, 5) is 38.3. The minimum Gasteiger partial charge on any atom is -0.462 e. The van der Waals surface area contributed by atoms with Gasteiger partial charge in [-0.1, -0.05) is 294 Å². The molecule has 0 aromatic carbocycles. The minimum absolute atomic E-state index is 0.0769. The van der Waals surface area contributed by atoms with Gasteiger partial charge in [-0.05, 0) is 77.0 Å². The monoisotopic (exact) mass is 1020 g/mol. The summed E-state index contributed by atoms with van der Waals surface area (Å²) >= 11 is 0. The molecule has 0 aromatic rings. The van der Waals surface area contributed by atoms with E-state index in [9.17, 15) is 14.4 Å². The van der Waals surface area contributed by atoms with E-state index in [0.717, 1.165) is 96.3 Å². The summed E-state index contributed by atoms with van der Waals surface area (Å²) in [6.45, 7) is 6.56. The molecule has 0 aromatic heterocycles. The van der Waals surface area contributed by atoms with Crippen molar-refractivity contribution in [3.05, 3.63) is 48.6 Å². The van der Waals surface area contributed by atoms with Gasteiger partial charge in [0.25, 0.3) is 0 Å². The van der Waals surface area contributed by atoms with Crippen LogP contribution < -0.4 is 0 Å². The standard InChI is InChI=1S/C67H122O6/c1-4-7-10-13-16-19-22-25-28-30-31-32-33-34-35-37-39-42-45-48-51-54-57-60-66(69)72-63-64(62-71-65(68)59-56-53-50-47-44-41-38-27-24-21-18-15-12-9-6-3)73-67(70)61-58-55-52-49-46-43-40-36-29-26-23-20-17-14-11-8-5-2/h9,12,18,21,26-27,29,38,64H,4-8,10-11,13-17,19-20,22-25,28,30-37,39-63H2,1-3H3/b12-9-,21-18-,29-26-,38-27-. The largest absolute Gasteiger partial charge is 0.462 e. The van der Waals surface area contributed by atoms with Crippen molar-refractivity contribution in [1.29, 1.82) is 0 Å². The molecule has 0 N–H and O–H groups in total. The molecule has 0 fully saturated rings. The smallest absolute Gasteiger partial charge is 0.306 e. The quantitative estimate of drug-likeness (QED) is 0.0261. The second-order valence-electron chi connectivity index (χ2n) is 21.6. The summed E-state index contributed by atoms with van der Waals surface area (Å²) in [5.41, 5.74) is 0. The van der Waals surface area contributed by atoms with Crippen LogP contribution in [0.5, 0.6) is 0 Å². The van der Waals surface area contributed by atoms with E-state index in [2.05, 4.69) is 69.4 Å². The zero-order chi connectivity index (χ0) is 52.9. The Morgan fingerprint density at radius 2 is 0.534 bits per heavy atom. The predicted octanol–water partition coefficient (Wildman–Crippen LogP) is 21.8. The third kappa shape index (κ3) is 60.1. The van der Waals surface area contributed by atoms with Crippen molar-refractivity contribution in [3.63, 3.8) is 0 Å². The van der Waals surface area contributed by atoms with Crippen molar-refractivity contribution in [3.8, 4) is 0 Å². The lowest BCUT2D eigenvalue weighted by Crippen LogP contribution is -2.30. The molecule has 0 aliphatic heterocycles. The molecule has 0 radical (unpaired) electrons. The van der Waals surface area contributed by atoms with E-state index >= 15 is 0 Å². The van der Waals surface area contributed by atoms with Gasteiger partial charge in [-0.3, -0.25) is 14.4 Å². The van der Waals surface area contributed by atoms with Crippen molar-refractivity contribution >= 4 is 17.9 Å². The summed E-state index contributed by atoms with van der Waals surface area (Å²) in [7, 11) is 0. The van der Waals surface area contributed by atoms with Gasteiger partial charge >= 0.3 is 17.9 Å². The molecule has 426 valence electrons. The highest BCUT2D eigenvalue weighted by atomic mass is 16.6. The van der Waals surface area contributed by atoms with Crippen LogP contribution in [0.4, 0.5) is 0 Å². The zero-order valence-corrected chi connectivity index (χ0v) is 48.9. The van der Waals surface area contributed by atoms with Crippen molar-refractivity contribution in [2.24, 2.45) is 0 Å². The Labute approximate surface area is 454 Å². The first kappa shape index (κ1) is 70.4. The Bertz CT molecular complexity index is 1270. The van der Waals surface area contributed by atoms with Gasteiger partial charge in [0.05, 0.1) is 0 Å². The first-order chi connectivity index (χ1) is 36.0. The number of carbonyl (C=O) groups excluding carboxylic acids is 3. The van der Waals surface area contributed by atoms with Gasteiger partial charge < -0.3 is 14.2 Å². The normalized spacial score (nSPS) is 12.3. The lowest BCUT2D eigenvalue weighted by atomic mass is 10.0. The number of unbranched alkanes of at least 4 members (excludes halogenated alkanes) is 40. The van der Waals surface area contributed by atoms with Crippen LogP contribution >= 0.6 is 0 Å². The van der Waals surface area contributed by atoms with Crippen molar-refractivity contribution in [2.75, 3.05) is 13.2 Å². The van der Waals surface area contributed by atoms with Crippen LogP contribution in [0, 0.1) is 0 Å². The molecular formula is C67H122O6. The zero-order valence-electron chi connectivity index (χ0n) is 48.9. The Morgan fingerprint density at radius 1 is 0.288 bits per heavy atom. The highest BCUT2D eigenvalue weighted by Crippen LogP contribution is 2.17. The maximum absolute atomic E-state index is 12.9. The van der Waals surface area contributed by atoms with Gasteiger partial charge in [-0.25, -0.2) is 0 Å². The molecule has 0 bridgehead atoms. The SMILES string of the molecule is CC/C=C\C/C=C\C/C=C\CCCCCCCC(=O)OCC(COC(=O)CCCCCCCCCCCCCCCCCCCCCCCCC)OC(=O)CCCCCCCCC/C=C\CCCCCCCC. The molecule has 0 heterocycles. The summed E-state index contributed by atoms with van der Waals surface area (Å²) in [6.07, 6.45) is 76.9. The molecule has 1 unspecified atom stereocenters. The summed E-state index contributed by atoms with van der Waals surface area (Å²) in [6, 6.07) is 0. The van der Waals surface area contributed by atoms with Crippen LogP contribution in [0.15, 0.2) is 48.6 Å². The van der Waals surface area contributed by atoms with Gasteiger partial charge in [0.2, 0.25) is 0 Å². The highest BCUT2D eigenvalue weighted by Gasteiger charge is 2.19. The molecule has 0 spiro atoms.